The second-order valence-corrected chi connectivity index (χ2v) is 6.48. The zero-order valence-corrected chi connectivity index (χ0v) is 15.8. The molecule has 9 heteroatoms. The fourth-order valence-electron chi connectivity index (χ4n) is 2.37. The van der Waals surface area contributed by atoms with E-state index < -0.39 is 36.9 Å². The molecule has 0 aliphatic rings. The van der Waals surface area contributed by atoms with Gasteiger partial charge in [0.25, 0.3) is 5.91 Å². The number of halogens is 5. The van der Waals surface area contributed by atoms with Gasteiger partial charge >= 0.3 is 18.1 Å². The molecule has 0 bridgehead atoms. The zero-order chi connectivity index (χ0) is 20.8. The summed E-state index contributed by atoms with van der Waals surface area (Å²) >= 11 is 0. The summed E-state index contributed by atoms with van der Waals surface area (Å²) in [6.45, 7) is 1.71. The number of amides is 1. The van der Waals surface area contributed by atoms with Crippen molar-refractivity contribution in [2.45, 2.75) is 89.7 Å². The number of hydrogen-bond donors (Lipinski definition) is 1. The summed E-state index contributed by atoms with van der Waals surface area (Å²) in [5.41, 5.74) is 0. The molecule has 0 radical (unpaired) electrons. The van der Waals surface area contributed by atoms with Gasteiger partial charge in [-0.25, -0.2) is 0 Å². The van der Waals surface area contributed by atoms with Gasteiger partial charge in [-0.3, -0.25) is 9.59 Å². The lowest BCUT2D eigenvalue weighted by Gasteiger charge is -2.18. The summed E-state index contributed by atoms with van der Waals surface area (Å²) in [6.07, 6.45) is 4.76. The smallest absolute Gasteiger partial charge is 0.463 e. The lowest BCUT2D eigenvalue weighted by atomic mass is 10.1. The van der Waals surface area contributed by atoms with Gasteiger partial charge in [0.2, 0.25) is 0 Å². The molecule has 0 spiro atoms. The van der Waals surface area contributed by atoms with E-state index >= 15 is 0 Å². The van der Waals surface area contributed by atoms with E-state index in [0.29, 0.717) is 6.42 Å². The van der Waals surface area contributed by atoms with Gasteiger partial charge in [0.15, 0.2) is 0 Å². The Bertz CT molecular complexity index is 428. The van der Waals surface area contributed by atoms with E-state index in [9.17, 15) is 31.5 Å². The van der Waals surface area contributed by atoms with E-state index in [2.05, 4.69) is 6.92 Å². The van der Waals surface area contributed by atoms with Gasteiger partial charge < -0.3 is 10.1 Å². The third-order valence-corrected chi connectivity index (χ3v) is 4.02. The van der Waals surface area contributed by atoms with Crippen LogP contribution in [0.4, 0.5) is 22.0 Å². The maximum Gasteiger partial charge on any atom is 0.463 e. The number of carbonyl (C=O) groups is 2. The standard InChI is InChI=1S/C18H30F5NO3/c1-2-3-4-5-6-7-8-9-10-11-14-27-15(25)12-13-24-16(26)17(19,20)18(21,22)23/h2-14H2,1H3,(H,24,26). The number of unbranched alkanes of at least 4 members (excludes halogenated alkanes) is 9. The first-order valence-corrected chi connectivity index (χ1v) is 9.51. The molecule has 0 heterocycles. The molecule has 160 valence electrons. The summed E-state index contributed by atoms with van der Waals surface area (Å²) < 4.78 is 66.0. The fraction of sp³-hybridized carbons (Fsp3) is 0.889. The normalized spacial score (nSPS) is 12.1. The van der Waals surface area contributed by atoms with Crippen molar-refractivity contribution >= 4 is 11.9 Å². The number of nitrogens with one attached hydrogen (secondary N) is 1. The Morgan fingerprint density at radius 2 is 1.30 bits per heavy atom. The van der Waals surface area contributed by atoms with Gasteiger partial charge in [0, 0.05) is 6.54 Å². The van der Waals surface area contributed by atoms with E-state index in [0.717, 1.165) is 19.3 Å². The highest BCUT2D eigenvalue weighted by Gasteiger charge is 2.63. The van der Waals surface area contributed by atoms with E-state index in [1.807, 2.05) is 0 Å². The van der Waals surface area contributed by atoms with E-state index in [-0.39, 0.29) is 6.61 Å². The molecule has 0 saturated heterocycles. The first-order valence-electron chi connectivity index (χ1n) is 9.51. The van der Waals surface area contributed by atoms with Crippen molar-refractivity contribution in [2.24, 2.45) is 0 Å². The van der Waals surface area contributed by atoms with Crippen LogP contribution in [0.5, 0.6) is 0 Å². The van der Waals surface area contributed by atoms with Crippen LogP contribution in [-0.2, 0) is 14.3 Å². The first kappa shape index (κ1) is 25.6. The Labute approximate surface area is 157 Å². The van der Waals surface area contributed by atoms with Crippen LogP contribution in [0.2, 0.25) is 0 Å². The summed E-state index contributed by atoms with van der Waals surface area (Å²) in [4.78, 5) is 22.2. The van der Waals surface area contributed by atoms with Crippen LogP contribution < -0.4 is 5.32 Å². The Kier molecular flexibility index (Phi) is 13.0. The molecule has 1 N–H and O–H groups in total. The monoisotopic (exact) mass is 403 g/mol. The van der Waals surface area contributed by atoms with Gasteiger partial charge in [-0.1, -0.05) is 64.7 Å². The van der Waals surface area contributed by atoms with Crippen molar-refractivity contribution in [3.05, 3.63) is 0 Å². The predicted octanol–water partition coefficient (Wildman–Crippen LogP) is 5.15. The van der Waals surface area contributed by atoms with Crippen LogP contribution in [0, 0.1) is 0 Å². The molecule has 4 nitrogen and oxygen atoms in total. The Hall–Kier alpha value is -1.41. The van der Waals surface area contributed by atoms with Crippen LogP contribution in [0.1, 0.15) is 77.6 Å². The second kappa shape index (κ2) is 13.7. The SMILES string of the molecule is CCCCCCCCCCCCOC(=O)CCNC(=O)C(F)(F)C(F)(F)F. The highest BCUT2D eigenvalue weighted by Crippen LogP contribution is 2.35. The number of rotatable bonds is 15. The molecule has 1 amide bonds. The fourth-order valence-corrected chi connectivity index (χ4v) is 2.37. The molecule has 0 rings (SSSR count). The molecule has 0 aromatic carbocycles. The molecule has 27 heavy (non-hydrogen) atoms. The molecule has 0 aliphatic carbocycles. The lowest BCUT2D eigenvalue weighted by molar-refractivity contribution is -0.269. The number of ether oxygens (including phenoxy) is 1. The van der Waals surface area contributed by atoms with Gasteiger partial charge in [0.05, 0.1) is 13.0 Å². The van der Waals surface area contributed by atoms with Crippen molar-refractivity contribution in [3.63, 3.8) is 0 Å². The topological polar surface area (TPSA) is 55.4 Å². The van der Waals surface area contributed by atoms with E-state index in [1.165, 1.54) is 43.8 Å². The van der Waals surface area contributed by atoms with Crippen LogP contribution in [0.15, 0.2) is 0 Å². The number of carbonyl (C=O) groups excluding carboxylic acids is 2. The molecule has 0 atom stereocenters. The average molecular weight is 403 g/mol. The molecular weight excluding hydrogens is 373 g/mol. The van der Waals surface area contributed by atoms with Gasteiger partial charge in [-0.2, -0.15) is 22.0 Å². The average Bonchev–Trinajstić information content (AvgIpc) is 2.58. The summed E-state index contributed by atoms with van der Waals surface area (Å²) in [5, 5.41) is 1.39. The predicted molar refractivity (Wildman–Crippen MR) is 91.4 cm³/mol. The maximum atomic E-state index is 12.6. The zero-order valence-electron chi connectivity index (χ0n) is 15.8. The minimum Gasteiger partial charge on any atom is -0.466 e. The maximum absolute atomic E-state index is 12.6. The summed E-state index contributed by atoms with van der Waals surface area (Å²) in [6, 6.07) is 0. The summed E-state index contributed by atoms with van der Waals surface area (Å²) in [5.74, 6) is -8.70. The quantitative estimate of drug-likeness (QED) is 0.234. The van der Waals surface area contributed by atoms with Crippen LogP contribution >= 0.6 is 0 Å². The van der Waals surface area contributed by atoms with Gasteiger partial charge in [0.1, 0.15) is 0 Å². The minimum atomic E-state index is -5.97. The van der Waals surface area contributed by atoms with E-state index in [1.54, 1.807) is 0 Å². The third-order valence-electron chi connectivity index (χ3n) is 4.02. The highest BCUT2D eigenvalue weighted by molar-refractivity contribution is 5.84. The Balaban J connectivity index is 3.59. The molecule has 0 aliphatic heterocycles. The van der Waals surface area contributed by atoms with Crippen LogP contribution in [-0.4, -0.2) is 37.1 Å². The van der Waals surface area contributed by atoms with Crippen molar-refractivity contribution in [2.75, 3.05) is 13.2 Å². The Morgan fingerprint density at radius 1 is 0.815 bits per heavy atom. The van der Waals surface area contributed by atoms with Crippen molar-refractivity contribution in [3.8, 4) is 0 Å². The molecule has 0 saturated carbocycles. The van der Waals surface area contributed by atoms with E-state index in [4.69, 9.17) is 4.74 Å². The van der Waals surface area contributed by atoms with Gasteiger partial charge in [-0.15, -0.1) is 0 Å². The second-order valence-electron chi connectivity index (χ2n) is 6.48. The van der Waals surface area contributed by atoms with Crippen molar-refractivity contribution < 1.29 is 36.3 Å². The van der Waals surface area contributed by atoms with Gasteiger partial charge in [-0.05, 0) is 6.42 Å². The third kappa shape index (κ3) is 11.8. The Morgan fingerprint density at radius 3 is 1.78 bits per heavy atom. The minimum absolute atomic E-state index is 0.169. The number of hydrogen-bond acceptors (Lipinski definition) is 3. The number of alkyl halides is 5. The molecule has 0 unspecified atom stereocenters. The van der Waals surface area contributed by atoms with Crippen molar-refractivity contribution in [1.82, 2.24) is 5.32 Å². The molecule has 0 aromatic heterocycles. The molecular formula is C18H30F5NO3. The number of esters is 1. The highest BCUT2D eigenvalue weighted by atomic mass is 19.4. The van der Waals surface area contributed by atoms with Crippen LogP contribution in [0.25, 0.3) is 0 Å². The molecule has 0 aromatic rings. The van der Waals surface area contributed by atoms with Crippen molar-refractivity contribution in [1.29, 1.82) is 0 Å². The van der Waals surface area contributed by atoms with Crippen LogP contribution in [0.3, 0.4) is 0 Å². The summed E-state index contributed by atoms with van der Waals surface area (Å²) in [7, 11) is 0. The largest absolute Gasteiger partial charge is 0.466 e. The molecule has 0 fully saturated rings. The lowest BCUT2D eigenvalue weighted by Crippen LogP contribution is -2.50. The first-order chi connectivity index (χ1) is 12.6.